The first-order valence-corrected chi connectivity index (χ1v) is 10.3. The molecule has 4 rings (SSSR count). The molecule has 1 fully saturated rings. The van der Waals surface area contributed by atoms with E-state index in [1.54, 1.807) is 10.7 Å². The average molecular weight is 429 g/mol. The smallest absolute Gasteiger partial charge is 0.272 e. The Morgan fingerprint density at radius 3 is 2.38 bits per heavy atom. The fourth-order valence-electron chi connectivity index (χ4n) is 3.69. The highest BCUT2D eigenvalue weighted by atomic mass is 35.5. The molecule has 2 heterocycles. The summed E-state index contributed by atoms with van der Waals surface area (Å²) in [7, 11) is 0. The van der Waals surface area contributed by atoms with Gasteiger partial charge in [0.15, 0.2) is 0 Å². The molecule has 1 aromatic heterocycles. The summed E-state index contributed by atoms with van der Waals surface area (Å²) in [5, 5.41) is 5.84. The molecular formula is C22H22Cl2N4O. The van der Waals surface area contributed by atoms with Gasteiger partial charge in [-0.15, -0.1) is 0 Å². The van der Waals surface area contributed by atoms with Gasteiger partial charge >= 0.3 is 0 Å². The zero-order valence-corrected chi connectivity index (χ0v) is 17.9. The van der Waals surface area contributed by atoms with Crippen LogP contribution in [0.1, 0.15) is 21.7 Å². The Balaban J connectivity index is 1.53. The number of hydrogen-bond donors (Lipinski definition) is 0. The molecule has 2 aromatic carbocycles. The highest BCUT2D eigenvalue weighted by molar-refractivity contribution is 6.31. The van der Waals surface area contributed by atoms with Crippen LogP contribution in [-0.4, -0.2) is 46.8 Å². The highest BCUT2D eigenvalue weighted by Gasteiger charge is 2.26. The van der Waals surface area contributed by atoms with E-state index >= 15 is 0 Å². The van der Waals surface area contributed by atoms with Gasteiger partial charge in [-0.1, -0.05) is 35.3 Å². The van der Waals surface area contributed by atoms with E-state index in [4.69, 9.17) is 23.2 Å². The standard InChI is InChI=1S/C22H22Cl2N4O/c1-15-6-7-18(24)14-20(15)26-8-10-27(11-9-26)22(29)21-12-16(2)25-28(21)19-5-3-4-17(23)13-19/h3-7,12-14H,8-11H2,1-2H3. The molecule has 0 atom stereocenters. The molecule has 1 amide bonds. The lowest BCUT2D eigenvalue weighted by Gasteiger charge is -2.36. The van der Waals surface area contributed by atoms with E-state index in [1.807, 2.05) is 54.3 Å². The lowest BCUT2D eigenvalue weighted by atomic mass is 10.1. The van der Waals surface area contributed by atoms with Gasteiger partial charge < -0.3 is 9.80 Å². The maximum absolute atomic E-state index is 13.2. The van der Waals surface area contributed by atoms with Crippen molar-refractivity contribution in [2.75, 3.05) is 31.1 Å². The Morgan fingerprint density at radius 2 is 1.66 bits per heavy atom. The van der Waals surface area contributed by atoms with Crippen LogP contribution in [0.5, 0.6) is 0 Å². The van der Waals surface area contributed by atoms with Gasteiger partial charge in [-0.2, -0.15) is 5.10 Å². The number of piperazine rings is 1. The number of carbonyl (C=O) groups excluding carboxylic acids is 1. The topological polar surface area (TPSA) is 41.4 Å². The first-order valence-electron chi connectivity index (χ1n) is 9.55. The Bertz CT molecular complexity index is 1050. The van der Waals surface area contributed by atoms with Crippen LogP contribution < -0.4 is 4.90 Å². The van der Waals surface area contributed by atoms with Crippen molar-refractivity contribution >= 4 is 34.8 Å². The average Bonchev–Trinajstić information content (AvgIpc) is 3.11. The minimum Gasteiger partial charge on any atom is -0.368 e. The van der Waals surface area contributed by atoms with Crippen LogP contribution in [0.15, 0.2) is 48.5 Å². The fraction of sp³-hybridized carbons (Fsp3) is 0.273. The number of aromatic nitrogens is 2. The first kappa shape index (κ1) is 19.8. The van der Waals surface area contributed by atoms with E-state index in [0.717, 1.165) is 35.2 Å². The van der Waals surface area contributed by atoms with Gasteiger partial charge in [-0.05, 0) is 55.8 Å². The highest BCUT2D eigenvalue weighted by Crippen LogP contribution is 2.26. The summed E-state index contributed by atoms with van der Waals surface area (Å²) in [5.41, 5.74) is 4.44. The summed E-state index contributed by atoms with van der Waals surface area (Å²) in [6.07, 6.45) is 0. The van der Waals surface area contributed by atoms with Gasteiger partial charge in [0.05, 0.1) is 11.4 Å². The lowest BCUT2D eigenvalue weighted by molar-refractivity contribution is 0.0737. The van der Waals surface area contributed by atoms with Crippen molar-refractivity contribution < 1.29 is 4.79 Å². The summed E-state index contributed by atoms with van der Waals surface area (Å²) in [5.74, 6) is -0.0203. The number of amides is 1. The molecule has 1 aliphatic heterocycles. The van der Waals surface area contributed by atoms with Crippen LogP contribution in [0.3, 0.4) is 0 Å². The fourth-order valence-corrected chi connectivity index (χ4v) is 4.04. The van der Waals surface area contributed by atoms with Gasteiger partial charge in [0, 0.05) is 41.9 Å². The van der Waals surface area contributed by atoms with Crippen LogP contribution in [0, 0.1) is 13.8 Å². The molecule has 0 spiro atoms. The van der Waals surface area contributed by atoms with Gasteiger partial charge in [0.2, 0.25) is 0 Å². The predicted octanol–water partition coefficient (Wildman–Crippen LogP) is 4.76. The van der Waals surface area contributed by atoms with Crippen molar-refractivity contribution in [3.63, 3.8) is 0 Å². The lowest BCUT2D eigenvalue weighted by Crippen LogP contribution is -2.49. The van der Waals surface area contributed by atoms with Crippen LogP contribution in [-0.2, 0) is 0 Å². The number of rotatable bonds is 3. The third-order valence-electron chi connectivity index (χ3n) is 5.18. The van der Waals surface area contributed by atoms with Gasteiger partial charge in [0.1, 0.15) is 5.69 Å². The van der Waals surface area contributed by atoms with Crippen molar-refractivity contribution in [1.29, 1.82) is 0 Å². The second-order valence-electron chi connectivity index (χ2n) is 7.27. The minimum atomic E-state index is -0.0203. The molecule has 1 saturated heterocycles. The SMILES string of the molecule is Cc1cc(C(=O)N2CCN(c3cc(Cl)ccc3C)CC2)n(-c2cccc(Cl)c2)n1. The number of aryl methyl sites for hydroxylation is 2. The molecular weight excluding hydrogens is 407 g/mol. The zero-order chi connectivity index (χ0) is 20.5. The van der Waals surface area contributed by atoms with Crippen LogP contribution in [0.4, 0.5) is 5.69 Å². The van der Waals surface area contributed by atoms with E-state index in [2.05, 4.69) is 16.9 Å². The second-order valence-corrected chi connectivity index (χ2v) is 8.15. The van der Waals surface area contributed by atoms with Crippen molar-refractivity contribution in [3.05, 3.63) is 75.5 Å². The first-order chi connectivity index (χ1) is 13.9. The molecule has 0 N–H and O–H groups in total. The van der Waals surface area contributed by atoms with Gasteiger partial charge in [-0.25, -0.2) is 4.68 Å². The molecule has 150 valence electrons. The van der Waals surface area contributed by atoms with Crippen molar-refractivity contribution in [3.8, 4) is 5.69 Å². The van der Waals surface area contributed by atoms with Crippen LogP contribution >= 0.6 is 23.2 Å². The van der Waals surface area contributed by atoms with E-state index in [9.17, 15) is 4.79 Å². The maximum atomic E-state index is 13.2. The summed E-state index contributed by atoms with van der Waals surface area (Å²) >= 11 is 12.3. The van der Waals surface area contributed by atoms with E-state index in [-0.39, 0.29) is 5.91 Å². The molecule has 29 heavy (non-hydrogen) atoms. The molecule has 0 bridgehead atoms. The number of nitrogens with zero attached hydrogens (tertiary/aromatic N) is 4. The normalized spacial score (nSPS) is 14.3. The van der Waals surface area contributed by atoms with E-state index in [0.29, 0.717) is 23.8 Å². The minimum absolute atomic E-state index is 0.0203. The number of hydrogen-bond acceptors (Lipinski definition) is 3. The largest absolute Gasteiger partial charge is 0.368 e. The Kier molecular flexibility index (Phi) is 5.52. The molecule has 0 radical (unpaired) electrons. The Morgan fingerprint density at radius 1 is 0.931 bits per heavy atom. The summed E-state index contributed by atoms with van der Waals surface area (Å²) < 4.78 is 1.68. The van der Waals surface area contributed by atoms with Gasteiger partial charge in [0.25, 0.3) is 5.91 Å². The third-order valence-corrected chi connectivity index (χ3v) is 5.65. The second kappa shape index (κ2) is 8.09. The quantitative estimate of drug-likeness (QED) is 0.603. The van der Waals surface area contributed by atoms with Crippen molar-refractivity contribution in [2.45, 2.75) is 13.8 Å². The Hall–Kier alpha value is -2.50. The summed E-state index contributed by atoms with van der Waals surface area (Å²) in [4.78, 5) is 17.4. The zero-order valence-electron chi connectivity index (χ0n) is 16.4. The van der Waals surface area contributed by atoms with E-state index in [1.165, 1.54) is 5.56 Å². The summed E-state index contributed by atoms with van der Waals surface area (Å²) in [6.45, 7) is 6.77. The molecule has 1 aliphatic rings. The number of carbonyl (C=O) groups is 1. The molecule has 0 unspecified atom stereocenters. The number of anilines is 1. The molecule has 0 saturated carbocycles. The number of halogens is 2. The number of benzene rings is 2. The van der Waals surface area contributed by atoms with Crippen molar-refractivity contribution in [2.24, 2.45) is 0 Å². The third kappa shape index (κ3) is 4.11. The van der Waals surface area contributed by atoms with Crippen molar-refractivity contribution in [1.82, 2.24) is 14.7 Å². The van der Waals surface area contributed by atoms with E-state index < -0.39 is 0 Å². The maximum Gasteiger partial charge on any atom is 0.272 e. The van der Waals surface area contributed by atoms with Gasteiger partial charge in [-0.3, -0.25) is 4.79 Å². The Labute approximate surface area is 180 Å². The molecule has 3 aromatic rings. The summed E-state index contributed by atoms with van der Waals surface area (Å²) in [6, 6.07) is 15.1. The monoisotopic (exact) mass is 428 g/mol. The molecule has 0 aliphatic carbocycles. The molecule has 7 heteroatoms. The molecule has 5 nitrogen and oxygen atoms in total. The predicted molar refractivity (Wildman–Crippen MR) is 118 cm³/mol. The van der Waals surface area contributed by atoms with Crippen LogP contribution in [0.2, 0.25) is 10.0 Å². The van der Waals surface area contributed by atoms with Crippen LogP contribution in [0.25, 0.3) is 5.69 Å².